The number of hydrogen-bond acceptors (Lipinski definition) is 3. The molecule has 0 spiro atoms. The van der Waals surface area contributed by atoms with Gasteiger partial charge in [-0.3, -0.25) is 9.89 Å². The Morgan fingerprint density at radius 3 is 2.88 bits per heavy atom. The van der Waals surface area contributed by atoms with E-state index in [1.54, 1.807) is 6.07 Å². The van der Waals surface area contributed by atoms with Crippen molar-refractivity contribution in [1.29, 1.82) is 0 Å². The summed E-state index contributed by atoms with van der Waals surface area (Å²) in [7, 11) is 1.83. The molecule has 0 saturated carbocycles. The van der Waals surface area contributed by atoms with Gasteiger partial charge in [0.1, 0.15) is 5.82 Å². The van der Waals surface area contributed by atoms with Crippen molar-refractivity contribution in [2.24, 2.45) is 4.99 Å². The van der Waals surface area contributed by atoms with Crippen molar-refractivity contribution in [2.45, 2.75) is 17.4 Å². The first-order chi connectivity index (χ1) is 11.8. The maximum absolute atomic E-state index is 13.6. The van der Waals surface area contributed by atoms with E-state index in [4.69, 9.17) is 0 Å². The van der Waals surface area contributed by atoms with E-state index in [1.807, 2.05) is 19.2 Å². The minimum absolute atomic E-state index is 0.145. The number of hydrogen-bond donors (Lipinski definition) is 1. The van der Waals surface area contributed by atoms with Gasteiger partial charge in [-0.2, -0.15) is 0 Å². The number of aliphatic imine (C=N–C) groups is 1. The van der Waals surface area contributed by atoms with Gasteiger partial charge in [0.2, 0.25) is 0 Å². The number of rotatable bonds is 5. The van der Waals surface area contributed by atoms with Crippen LogP contribution in [0.15, 0.2) is 46.3 Å². The van der Waals surface area contributed by atoms with Crippen LogP contribution in [0.1, 0.15) is 6.42 Å². The monoisotopic (exact) mass is 348 g/mol. The van der Waals surface area contributed by atoms with Crippen LogP contribution >= 0.6 is 11.8 Å². The second-order valence-electron chi connectivity index (χ2n) is 6.07. The minimum Gasteiger partial charge on any atom is -0.355 e. The van der Waals surface area contributed by atoms with E-state index >= 15 is 0 Å². The summed E-state index contributed by atoms with van der Waals surface area (Å²) in [5.74, 6) is 1.63. The van der Waals surface area contributed by atoms with Gasteiger partial charge in [-0.1, -0.05) is 24.3 Å². The summed E-state index contributed by atoms with van der Waals surface area (Å²) in [5, 5.41) is 3.41. The molecule has 0 radical (unpaired) electrons. The van der Waals surface area contributed by atoms with E-state index in [2.05, 4.69) is 32.3 Å². The molecular weight excluding hydrogens is 323 g/mol. The average molecular weight is 348 g/mol. The van der Waals surface area contributed by atoms with Gasteiger partial charge in [0.05, 0.1) is 0 Å². The van der Waals surface area contributed by atoms with Crippen molar-refractivity contribution in [3.8, 4) is 0 Å². The Bertz CT molecular complexity index is 596. The van der Waals surface area contributed by atoms with E-state index in [0.717, 1.165) is 44.4 Å². The molecule has 6 heteroatoms. The highest BCUT2D eigenvalue weighted by atomic mass is 32.2. The molecule has 2 heterocycles. The van der Waals surface area contributed by atoms with Crippen LogP contribution in [0.2, 0.25) is 0 Å². The highest BCUT2D eigenvalue weighted by molar-refractivity contribution is 7.99. The van der Waals surface area contributed by atoms with Gasteiger partial charge in [-0.15, -0.1) is 11.8 Å². The van der Waals surface area contributed by atoms with Crippen LogP contribution in [0.5, 0.6) is 0 Å². The summed E-state index contributed by atoms with van der Waals surface area (Å²) in [5.41, 5.74) is 0. The molecule has 130 valence electrons. The molecule has 0 bridgehead atoms. The Morgan fingerprint density at radius 1 is 1.33 bits per heavy atom. The van der Waals surface area contributed by atoms with E-state index in [9.17, 15) is 4.39 Å². The lowest BCUT2D eigenvalue weighted by Crippen LogP contribution is -2.43. The summed E-state index contributed by atoms with van der Waals surface area (Å²) in [6, 6.07) is 7.54. The zero-order valence-electron chi connectivity index (χ0n) is 14.1. The second-order valence-corrected chi connectivity index (χ2v) is 7.20. The number of thioether (sulfide) groups is 1. The van der Waals surface area contributed by atoms with Crippen LogP contribution in [-0.2, 0) is 0 Å². The fourth-order valence-corrected chi connectivity index (χ4v) is 4.05. The van der Waals surface area contributed by atoms with Gasteiger partial charge in [0.25, 0.3) is 0 Å². The molecule has 1 N–H and O–H groups in total. The topological polar surface area (TPSA) is 30.9 Å². The van der Waals surface area contributed by atoms with Crippen molar-refractivity contribution >= 4 is 17.7 Å². The van der Waals surface area contributed by atoms with Gasteiger partial charge in [-0.05, 0) is 18.6 Å². The van der Waals surface area contributed by atoms with Crippen molar-refractivity contribution in [3.63, 3.8) is 0 Å². The molecule has 3 rings (SSSR count). The Hall–Kier alpha value is -1.53. The molecule has 1 atom stereocenters. The van der Waals surface area contributed by atoms with Gasteiger partial charge in [0.15, 0.2) is 5.96 Å². The molecule has 0 amide bonds. The van der Waals surface area contributed by atoms with E-state index < -0.39 is 0 Å². The predicted molar refractivity (Wildman–Crippen MR) is 99.2 cm³/mol. The third-order valence-corrected chi connectivity index (χ3v) is 5.57. The van der Waals surface area contributed by atoms with Crippen LogP contribution in [0.3, 0.4) is 0 Å². The molecule has 0 aromatic heterocycles. The summed E-state index contributed by atoms with van der Waals surface area (Å²) >= 11 is 1.54. The molecule has 1 unspecified atom stereocenters. The van der Waals surface area contributed by atoms with Gasteiger partial charge >= 0.3 is 0 Å². The molecule has 0 aliphatic carbocycles. The van der Waals surface area contributed by atoms with Crippen molar-refractivity contribution in [3.05, 3.63) is 42.2 Å². The fraction of sp³-hybridized carbons (Fsp3) is 0.500. The third kappa shape index (κ3) is 4.30. The smallest absolute Gasteiger partial charge is 0.193 e. The number of nitrogens with zero attached hydrogens (tertiary/aromatic N) is 3. The van der Waals surface area contributed by atoms with E-state index in [-0.39, 0.29) is 5.82 Å². The first kappa shape index (κ1) is 17.3. The largest absolute Gasteiger partial charge is 0.355 e. The Morgan fingerprint density at radius 2 is 2.12 bits per heavy atom. The minimum atomic E-state index is -0.145. The molecule has 1 aromatic carbocycles. The Kier molecular flexibility index (Phi) is 6.15. The van der Waals surface area contributed by atoms with E-state index in [1.165, 1.54) is 24.2 Å². The summed E-state index contributed by atoms with van der Waals surface area (Å²) in [6.45, 7) is 4.99. The highest BCUT2D eigenvalue weighted by Crippen LogP contribution is 2.21. The van der Waals surface area contributed by atoms with Crippen LogP contribution in [-0.4, -0.2) is 67.3 Å². The molecular formula is C18H25FN4S. The predicted octanol–water partition coefficient (Wildman–Crippen LogP) is 2.44. The lowest BCUT2D eigenvalue weighted by Gasteiger charge is -2.25. The Labute approximate surface area is 147 Å². The van der Waals surface area contributed by atoms with Gasteiger partial charge in [0, 0.05) is 56.5 Å². The Balaban J connectivity index is 1.41. The van der Waals surface area contributed by atoms with Crippen LogP contribution in [0.4, 0.5) is 4.39 Å². The molecule has 1 fully saturated rings. The molecule has 1 saturated heterocycles. The van der Waals surface area contributed by atoms with Crippen molar-refractivity contribution < 1.29 is 4.39 Å². The first-order valence-electron chi connectivity index (χ1n) is 8.50. The standard InChI is InChI=1S/C18H25FN4S/c1-20-18(21-9-13-24-17-7-3-2-6-16(17)19)23-12-8-15(14-23)22-10-4-5-11-22/h2-7,15H,8-14H2,1H3,(H,20,21). The molecule has 1 aromatic rings. The van der Waals surface area contributed by atoms with Crippen LogP contribution in [0.25, 0.3) is 0 Å². The van der Waals surface area contributed by atoms with Gasteiger partial charge in [-0.25, -0.2) is 4.39 Å². The molecule has 4 nitrogen and oxygen atoms in total. The molecule has 2 aliphatic heterocycles. The highest BCUT2D eigenvalue weighted by Gasteiger charge is 2.29. The molecule has 2 aliphatic rings. The fourth-order valence-electron chi connectivity index (χ4n) is 3.24. The van der Waals surface area contributed by atoms with Crippen molar-refractivity contribution in [2.75, 3.05) is 45.5 Å². The zero-order chi connectivity index (χ0) is 16.8. The number of nitrogens with one attached hydrogen (secondary N) is 1. The third-order valence-electron chi connectivity index (χ3n) is 4.52. The maximum atomic E-state index is 13.6. The summed E-state index contributed by atoms with van der Waals surface area (Å²) in [6.07, 6.45) is 5.68. The lowest BCUT2D eigenvalue weighted by atomic mass is 10.2. The quantitative estimate of drug-likeness (QED) is 0.291. The summed E-state index contributed by atoms with van der Waals surface area (Å²) in [4.78, 5) is 9.96. The molecule has 24 heavy (non-hydrogen) atoms. The SMILES string of the molecule is CN=C(NCCSc1ccccc1F)N1CCC(N2CC=CC2)C1. The average Bonchev–Trinajstić information content (AvgIpc) is 3.27. The van der Waals surface area contributed by atoms with Crippen LogP contribution in [0, 0.1) is 5.82 Å². The second kappa shape index (κ2) is 8.53. The van der Waals surface area contributed by atoms with Crippen LogP contribution < -0.4 is 5.32 Å². The normalized spacial score (nSPS) is 21.7. The number of benzene rings is 1. The summed E-state index contributed by atoms with van der Waals surface area (Å²) < 4.78 is 13.6. The lowest BCUT2D eigenvalue weighted by molar-refractivity contribution is 0.259. The number of guanidine groups is 1. The first-order valence-corrected chi connectivity index (χ1v) is 9.48. The van der Waals surface area contributed by atoms with E-state index in [0.29, 0.717) is 10.9 Å². The van der Waals surface area contributed by atoms with Crippen molar-refractivity contribution in [1.82, 2.24) is 15.1 Å². The maximum Gasteiger partial charge on any atom is 0.193 e. The van der Waals surface area contributed by atoms with Gasteiger partial charge < -0.3 is 10.2 Å². The number of halogens is 1. The zero-order valence-corrected chi connectivity index (χ0v) is 14.9. The number of likely N-dealkylation sites (tertiary alicyclic amines) is 1.